The van der Waals surface area contributed by atoms with Crippen LogP contribution in [0.4, 0.5) is 34.1 Å². The van der Waals surface area contributed by atoms with E-state index in [1.807, 2.05) is 0 Å². The maximum atomic E-state index is 2.45. The van der Waals surface area contributed by atoms with Gasteiger partial charge in [0, 0.05) is 41.9 Å². The molecule has 0 amide bonds. The zero-order chi connectivity index (χ0) is 31.8. The topological polar surface area (TPSA) is 17.9 Å². The van der Waals surface area contributed by atoms with Crippen molar-refractivity contribution in [1.82, 2.24) is 4.57 Å². The van der Waals surface area contributed by atoms with Crippen LogP contribution in [-0.4, -0.2) is 32.0 Å². The quantitative estimate of drug-likeness (QED) is 0.197. The van der Waals surface area contributed by atoms with Crippen molar-refractivity contribution in [3.8, 4) is 16.8 Å². The van der Waals surface area contributed by atoms with Crippen LogP contribution in [0.3, 0.4) is 0 Å². The van der Waals surface area contributed by atoms with Gasteiger partial charge in [-0.1, -0.05) is 60.7 Å². The lowest BCUT2D eigenvalue weighted by Gasteiger charge is -2.26. The van der Waals surface area contributed by atoms with E-state index >= 15 is 0 Å². The number of fused-ring (bicyclic) bond motifs is 5. The monoisotopic (exact) mass is 611 g/mol. The molecule has 2 aliphatic rings. The van der Waals surface area contributed by atoms with Crippen LogP contribution in [0, 0.1) is 13.8 Å². The summed E-state index contributed by atoms with van der Waals surface area (Å²) in [5, 5.41) is 2.57. The number of aryl methyl sites for hydroxylation is 2. The molecule has 0 N–H and O–H groups in total. The molecule has 0 saturated heterocycles. The van der Waals surface area contributed by atoms with Crippen LogP contribution in [-0.2, 0) is 0 Å². The lowest BCUT2D eigenvalue weighted by molar-refractivity contribution is 0.940. The first-order valence-electron chi connectivity index (χ1n) is 16.4. The van der Waals surface area contributed by atoms with E-state index in [0.29, 0.717) is 0 Å². The highest BCUT2D eigenvalue weighted by Crippen LogP contribution is 2.46. The Morgan fingerprint density at radius 3 is 1.36 bits per heavy atom. The average Bonchev–Trinajstić information content (AvgIpc) is 3.73. The molecular formula is C42H37N5. The lowest BCUT2D eigenvalue weighted by atomic mass is 9.93. The summed E-state index contributed by atoms with van der Waals surface area (Å²) in [6, 6.07) is 46.8. The van der Waals surface area contributed by atoms with E-state index in [1.165, 1.54) is 83.9 Å². The second-order valence-corrected chi connectivity index (χ2v) is 13.1. The van der Waals surface area contributed by atoms with Crippen LogP contribution >= 0.6 is 0 Å². The Bertz CT molecular complexity index is 2200. The second kappa shape index (κ2) is 10.4. The van der Waals surface area contributed by atoms with Gasteiger partial charge < -0.3 is 24.2 Å². The number of anilines is 6. The predicted octanol–water partition coefficient (Wildman–Crippen LogP) is 10.2. The van der Waals surface area contributed by atoms with Gasteiger partial charge in [-0.2, -0.15) is 0 Å². The van der Waals surface area contributed by atoms with Gasteiger partial charge in [-0.05, 0) is 103 Å². The molecule has 0 aliphatic carbocycles. The van der Waals surface area contributed by atoms with Crippen molar-refractivity contribution < 1.29 is 0 Å². The smallest absolute Gasteiger partial charge is 0.0950 e. The Morgan fingerprint density at radius 1 is 0.447 bits per heavy atom. The number of aromatic nitrogens is 1. The van der Waals surface area contributed by atoms with Gasteiger partial charge in [0.05, 0.1) is 47.1 Å². The third kappa shape index (κ3) is 4.23. The third-order valence-electron chi connectivity index (χ3n) is 10.0. The molecular weight excluding hydrogens is 574 g/mol. The Morgan fingerprint density at radius 2 is 0.872 bits per heavy atom. The second-order valence-electron chi connectivity index (χ2n) is 13.1. The van der Waals surface area contributed by atoms with E-state index in [0.717, 1.165) is 13.3 Å². The highest BCUT2D eigenvalue weighted by atomic mass is 15.4. The number of para-hydroxylation sites is 6. The lowest BCUT2D eigenvalue weighted by Crippen LogP contribution is -2.26. The van der Waals surface area contributed by atoms with E-state index in [2.05, 4.69) is 180 Å². The summed E-state index contributed by atoms with van der Waals surface area (Å²) in [5.74, 6) is 0. The van der Waals surface area contributed by atoms with Gasteiger partial charge in [-0.15, -0.1) is 0 Å². The zero-order valence-corrected chi connectivity index (χ0v) is 27.3. The fraction of sp³-hybridized carbons (Fsp3) is 0.143. The van der Waals surface area contributed by atoms with Gasteiger partial charge in [0.2, 0.25) is 0 Å². The standard InChI is InChI=1S/C42H37N5/c1-28-21-33(47-36-15-7-5-13-34(36)35-14-6-8-16-37(35)47)22-29(2)42(28)30-23-31(45-26-43(3)38-17-9-11-19-40(38)45)25-32(24-30)46-27-44(4)39-18-10-12-20-41(39)46/h5-25H,26-27H2,1-4H3. The third-order valence-corrected chi connectivity index (χ3v) is 10.0. The molecule has 47 heavy (non-hydrogen) atoms. The van der Waals surface area contributed by atoms with Crippen LogP contribution in [0.1, 0.15) is 11.1 Å². The first-order chi connectivity index (χ1) is 23.0. The summed E-state index contributed by atoms with van der Waals surface area (Å²) in [4.78, 5) is 9.56. The summed E-state index contributed by atoms with van der Waals surface area (Å²) in [6.07, 6.45) is 0. The van der Waals surface area contributed by atoms with Crippen LogP contribution in [0.25, 0.3) is 38.6 Å². The number of rotatable bonds is 4. The summed E-state index contributed by atoms with van der Waals surface area (Å²) >= 11 is 0. The van der Waals surface area contributed by atoms with E-state index in [4.69, 9.17) is 0 Å². The minimum Gasteiger partial charge on any atom is -0.355 e. The van der Waals surface area contributed by atoms with E-state index < -0.39 is 0 Å². The molecule has 2 aliphatic heterocycles. The maximum Gasteiger partial charge on any atom is 0.0950 e. The molecule has 1 aromatic heterocycles. The van der Waals surface area contributed by atoms with Crippen LogP contribution in [0.2, 0.25) is 0 Å². The van der Waals surface area contributed by atoms with E-state index in [1.54, 1.807) is 0 Å². The number of nitrogens with zero attached hydrogens (tertiary/aromatic N) is 5. The molecule has 0 bridgehead atoms. The summed E-state index contributed by atoms with van der Waals surface area (Å²) in [7, 11) is 4.36. The molecule has 0 radical (unpaired) electrons. The fourth-order valence-electron chi connectivity index (χ4n) is 7.98. The first kappa shape index (κ1) is 27.6. The average molecular weight is 612 g/mol. The van der Waals surface area contributed by atoms with Crippen molar-refractivity contribution in [2.45, 2.75) is 13.8 Å². The van der Waals surface area contributed by atoms with Gasteiger partial charge in [0.15, 0.2) is 0 Å². The van der Waals surface area contributed by atoms with Crippen molar-refractivity contribution in [2.24, 2.45) is 0 Å². The molecule has 7 aromatic rings. The fourth-order valence-corrected chi connectivity index (χ4v) is 7.98. The molecule has 5 heteroatoms. The van der Waals surface area contributed by atoms with Gasteiger partial charge in [0.1, 0.15) is 0 Å². The highest BCUT2D eigenvalue weighted by molar-refractivity contribution is 6.09. The normalized spacial score (nSPS) is 14.0. The summed E-state index contributed by atoms with van der Waals surface area (Å²) < 4.78 is 2.42. The van der Waals surface area contributed by atoms with Gasteiger partial charge in [-0.3, -0.25) is 0 Å². The van der Waals surface area contributed by atoms with Crippen molar-refractivity contribution in [2.75, 3.05) is 47.0 Å². The summed E-state index contributed by atoms with van der Waals surface area (Å²) in [6.45, 7) is 6.15. The highest BCUT2D eigenvalue weighted by Gasteiger charge is 2.28. The molecule has 0 saturated carbocycles. The predicted molar refractivity (Wildman–Crippen MR) is 199 cm³/mol. The Kier molecular flexibility index (Phi) is 6.13. The Balaban J connectivity index is 1.23. The minimum atomic E-state index is 0.809. The molecule has 0 fully saturated rings. The molecule has 3 heterocycles. The molecule has 230 valence electrons. The van der Waals surface area contributed by atoms with Gasteiger partial charge in [0.25, 0.3) is 0 Å². The van der Waals surface area contributed by atoms with Crippen molar-refractivity contribution in [3.05, 3.63) is 139 Å². The first-order valence-corrected chi connectivity index (χ1v) is 16.4. The maximum absolute atomic E-state index is 2.45. The van der Waals surface area contributed by atoms with Crippen LogP contribution in [0.5, 0.6) is 0 Å². The Hall–Kier alpha value is -5.68. The molecule has 5 nitrogen and oxygen atoms in total. The van der Waals surface area contributed by atoms with Crippen molar-refractivity contribution in [3.63, 3.8) is 0 Å². The van der Waals surface area contributed by atoms with Crippen LogP contribution < -0.4 is 19.6 Å². The largest absolute Gasteiger partial charge is 0.355 e. The minimum absolute atomic E-state index is 0.809. The number of hydrogen-bond acceptors (Lipinski definition) is 4. The molecule has 6 aromatic carbocycles. The number of benzene rings is 6. The van der Waals surface area contributed by atoms with E-state index in [9.17, 15) is 0 Å². The molecule has 0 spiro atoms. The number of hydrogen-bond donors (Lipinski definition) is 0. The van der Waals surface area contributed by atoms with Crippen LogP contribution in [0.15, 0.2) is 127 Å². The Labute approximate surface area is 276 Å². The molecule has 0 atom stereocenters. The molecule has 0 unspecified atom stereocenters. The van der Waals surface area contributed by atoms with Gasteiger partial charge >= 0.3 is 0 Å². The molecule has 9 rings (SSSR count). The summed E-state index contributed by atoms with van der Waals surface area (Å²) in [5.41, 5.74) is 16.1. The van der Waals surface area contributed by atoms with Crippen molar-refractivity contribution in [1.29, 1.82) is 0 Å². The van der Waals surface area contributed by atoms with E-state index in [-0.39, 0.29) is 0 Å². The zero-order valence-electron chi connectivity index (χ0n) is 27.3. The van der Waals surface area contributed by atoms with Gasteiger partial charge in [-0.25, -0.2) is 0 Å². The van der Waals surface area contributed by atoms with Crippen molar-refractivity contribution >= 4 is 55.9 Å². The SMILES string of the molecule is Cc1cc(-n2c3ccccc3c3ccccc32)cc(C)c1-c1cc(N2CN(C)c3ccccc32)cc(N2CN(C)c3ccccc32)c1.